The lowest BCUT2D eigenvalue weighted by atomic mass is 10.2. The first-order chi connectivity index (χ1) is 16.8. The molecule has 1 fully saturated rings. The van der Waals surface area contributed by atoms with Gasteiger partial charge in [0.05, 0.1) is 37.2 Å². The first kappa shape index (κ1) is 20.7. The van der Waals surface area contributed by atoms with E-state index in [0.29, 0.717) is 31.5 Å². The smallest absolute Gasteiger partial charge is 0.237 e. The molecule has 0 spiro atoms. The first-order valence-electron chi connectivity index (χ1n) is 11.3. The Bertz CT molecular complexity index is 1310. The highest BCUT2D eigenvalue weighted by Crippen LogP contribution is 2.31. The fourth-order valence-electron chi connectivity index (χ4n) is 4.34. The first-order valence-corrected chi connectivity index (χ1v) is 11.3. The zero-order valence-electron chi connectivity index (χ0n) is 18.5. The highest BCUT2D eigenvalue weighted by atomic mass is 16.5. The second-order valence-corrected chi connectivity index (χ2v) is 8.26. The second kappa shape index (κ2) is 8.81. The minimum Gasteiger partial charge on any atom is -0.474 e. The standard InChI is InChI=1S/C24H25N7O3/c32-14-19-15-33-10-8-31(19)18-3-1-17(2-4-18)28-22-23-26-5-7-30(23)13-21(29-22)16-11-20-24(27-12-16)34-9-6-25-20/h1-5,7,11-13,19,25,32H,6,8-10,14-15H2,(H,28,29)/t19-/m1/s1. The number of aromatic nitrogens is 4. The maximum absolute atomic E-state index is 9.67. The summed E-state index contributed by atoms with van der Waals surface area (Å²) in [6.07, 6.45) is 7.37. The Labute approximate surface area is 196 Å². The van der Waals surface area contributed by atoms with E-state index in [1.54, 1.807) is 12.4 Å². The van der Waals surface area contributed by atoms with Gasteiger partial charge in [-0.05, 0) is 30.3 Å². The Morgan fingerprint density at radius 2 is 2.09 bits per heavy atom. The highest BCUT2D eigenvalue weighted by Gasteiger charge is 2.22. The lowest BCUT2D eigenvalue weighted by Gasteiger charge is -2.36. The van der Waals surface area contributed by atoms with Crippen LogP contribution in [0.5, 0.6) is 5.88 Å². The molecule has 6 rings (SSSR count). The number of nitrogens with one attached hydrogen (secondary N) is 2. The van der Waals surface area contributed by atoms with Crippen LogP contribution < -0.4 is 20.3 Å². The van der Waals surface area contributed by atoms with Gasteiger partial charge in [0.1, 0.15) is 6.61 Å². The molecular weight excluding hydrogens is 434 g/mol. The summed E-state index contributed by atoms with van der Waals surface area (Å²) < 4.78 is 13.0. The molecule has 34 heavy (non-hydrogen) atoms. The number of hydrogen-bond donors (Lipinski definition) is 3. The maximum Gasteiger partial charge on any atom is 0.237 e. The SMILES string of the molecule is OC[C@@H]1COCCN1c1ccc(Nc2nc(-c3cnc4c(c3)NCCO4)cn3ccnc23)cc1. The van der Waals surface area contributed by atoms with Crippen LogP contribution in [0, 0.1) is 0 Å². The van der Waals surface area contributed by atoms with Gasteiger partial charge in [0, 0.05) is 54.8 Å². The molecule has 1 aromatic carbocycles. The average Bonchev–Trinajstić information content (AvgIpc) is 3.38. The molecule has 0 amide bonds. The fraction of sp³-hybridized carbons (Fsp3) is 0.292. The van der Waals surface area contributed by atoms with Crippen molar-refractivity contribution in [3.8, 4) is 17.1 Å². The molecule has 0 radical (unpaired) electrons. The molecule has 5 heterocycles. The van der Waals surface area contributed by atoms with Gasteiger partial charge in [0.25, 0.3) is 0 Å². The zero-order chi connectivity index (χ0) is 22.9. The molecule has 0 aliphatic carbocycles. The quantitative estimate of drug-likeness (QED) is 0.415. The molecule has 3 N–H and O–H groups in total. The van der Waals surface area contributed by atoms with E-state index in [-0.39, 0.29) is 12.6 Å². The summed E-state index contributed by atoms with van der Waals surface area (Å²) in [6.45, 7) is 3.36. The number of ether oxygens (including phenoxy) is 2. The normalized spacial score (nSPS) is 17.7. The molecule has 174 valence electrons. The number of morpholine rings is 1. The van der Waals surface area contributed by atoms with Crippen molar-refractivity contribution in [3.63, 3.8) is 0 Å². The van der Waals surface area contributed by atoms with Crippen molar-refractivity contribution in [2.75, 3.05) is 55.1 Å². The Hall–Kier alpha value is -3.89. The minimum atomic E-state index is -0.0273. The maximum atomic E-state index is 9.67. The highest BCUT2D eigenvalue weighted by molar-refractivity contribution is 5.75. The van der Waals surface area contributed by atoms with Crippen LogP contribution in [0.3, 0.4) is 0 Å². The molecule has 3 aromatic heterocycles. The van der Waals surface area contributed by atoms with E-state index >= 15 is 0 Å². The molecular formula is C24H25N7O3. The van der Waals surface area contributed by atoms with Gasteiger partial charge in [-0.3, -0.25) is 0 Å². The number of fused-ring (bicyclic) bond motifs is 2. The average molecular weight is 460 g/mol. The summed E-state index contributed by atoms with van der Waals surface area (Å²) in [5.74, 6) is 1.26. The molecule has 2 aliphatic heterocycles. The van der Waals surface area contributed by atoms with E-state index < -0.39 is 0 Å². The summed E-state index contributed by atoms with van der Waals surface area (Å²) in [6, 6.07) is 10.1. The van der Waals surface area contributed by atoms with E-state index in [2.05, 4.69) is 25.5 Å². The lowest BCUT2D eigenvalue weighted by molar-refractivity contribution is 0.0727. The molecule has 0 unspecified atom stereocenters. The Morgan fingerprint density at radius 3 is 2.97 bits per heavy atom. The largest absolute Gasteiger partial charge is 0.474 e. The molecule has 10 nitrogen and oxygen atoms in total. The lowest BCUT2D eigenvalue weighted by Crippen LogP contribution is -2.47. The molecule has 10 heteroatoms. The molecule has 4 aromatic rings. The van der Waals surface area contributed by atoms with Crippen LogP contribution in [-0.4, -0.2) is 70.0 Å². The van der Waals surface area contributed by atoms with Crippen LogP contribution in [0.4, 0.5) is 22.9 Å². The van der Waals surface area contributed by atoms with Crippen molar-refractivity contribution in [1.82, 2.24) is 19.4 Å². The number of rotatable bonds is 5. The summed E-state index contributed by atoms with van der Waals surface area (Å²) in [5, 5.41) is 16.4. The van der Waals surface area contributed by atoms with Gasteiger partial charge in [0.2, 0.25) is 5.88 Å². The number of nitrogens with zero attached hydrogens (tertiary/aromatic N) is 5. The summed E-state index contributed by atoms with van der Waals surface area (Å²) in [4.78, 5) is 16.0. The Kier molecular flexibility index (Phi) is 5.36. The van der Waals surface area contributed by atoms with Crippen LogP contribution in [0.1, 0.15) is 0 Å². The number of anilines is 4. The van der Waals surface area contributed by atoms with Crippen molar-refractivity contribution >= 4 is 28.5 Å². The Morgan fingerprint density at radius 1 is 1.18 bits per heavy atom. The van der Waals surface area contributed by atoms with Gasteiger partial charge in [-0.1, -0.05) is 0 Å². The van der Waals surface area contributed by atoms with Crippen molar-refractivity contribution in [1.29, 1.82) is 0 Å². The van der Waals surface area contributed by atoms with Crippen LogP contribution in [0.15, 0.2) is 55.1 Å². The van der Waals surface area contributed by atoms with E-state index in [1.807, 2.05) is 47.1 Å². The molecule has 1 saturated heterocycles. The Balaban J connectivity index is 1.30. The van der Waals surface area contributed by atoms with Crippen LogP contribution in [0.2, 0.25) is 0 Å². The van der Waals surface area contributed by atoms with Gasteiger partial charge >= 0.3 is 0 Å². The van der Waals surface area contributed by atoms with E-state index in [0.717, 1.165) is 47.1 Å². The predicted octanol–water partition coefficient (Wildman–Crippen LogP) is 2.54. The van der Waals surface area contributed by atoms with Crippen LogP contribution in [-0.2, 0) is 4.74 Å². The van der Waals surface area contributed by atoms with E-state index in [9.17, 15) is 5.11 Å². The van der Waals surface area contributed by atoms with Crippen molar-refractivity contribution in [2.24, 2.45) is 0 Å². The summed E-state index contributed by atoms with van der Waals surface area (Å²) in [5.41, 5.74) is 5.19. The summed E-state index contributed by atoms with van der Waals surface area (Å²) in [7, 11) is 0. The monoisotopic (exact) mass is 459 g/mol. The fourth-order valence-corrected chi connectivity index (χ4v) is 4.34. The molecule has 1 atom stereocenters. The molecule has 0 saturated carbocycles. The van der Waals surface area contributed by atoms with Crippen LogP contribution in [0.25, 0.3) is 16.9 Å². The van der Waals surface area contributed by atoms with Gasteiger partial charge in [-0.15, -0.1) is 0 Å². The van der Waals surface area contributed by atoms with Gasteiger partial charge in [-0.2, -0.15) is 0 Å². The number of aliphatic hydroxyl groups excluding tert-OH is 1. The van der Waals surface area contributed by atoms with Gasteiger partial charge < -0.3 is 34.5 Å². The van der Waals surface area contributed by atoms with Crippen molar-refractivity contribution in [3.05, 3.63) is 55.1 Å². The number of hydrogen-bond acceptors (Lipinski definition) is 9. The zero-order valence-corrected chi connectivity index (χ0v) is 18.5. The molecule has 0 bridgehead atoms. The molecule has 2 aliphatic rings. The van der Waals surface area contributed by atoms with Crippen molar-refractivity contribution in [2.45, 2.75) is 6.04 Å². The van der Waals surface area contributed by atoms with Gasteiger partial charge in [0.15, 0.2) is 11.5 Å². The van der Waals surface area contributed by atoms with E-state index in [1.165, 1.54) is 0 Å². The third-order valence-electron chi connectivity index (χ3n) is 6.08. The van der Waals surface area contributed by atoms with E-state index in [4.69, 9.17) is 14.5 Å². The number of aliphatic hydroxyl groups is 1. The van der Waals surface area contributed by atoms with Crippen LogP contribution >= 0.6 is 0 Å². The minimum absolute atomic E-state index is 0.0273. The topological polar surface area (TPSA) is 109 Å². The van der Waals surface area contributed by atoms with Crippen molar-refractivity contribution < 1.29 is 14.6 Å². The number of pyridine rings is 1. The number of imidazole rings is 1. The third kappa shape index (κ3) is 3.87. The summed E-state index contributed by atoms with van der Waals surface area (Å²) >= 11 is 0. The second-order valence-electron chi connectivity index (χ2n) is 8.26. The number of benzene rings is 1. The van der Waals surface area contributed by atoms with Gasteiger partial charge in [-0.25, -0.2) is 15.0 Å². The predicted molar refractivity (Wildman–Crippen MR) is 129 cm³/mol. The third-order valence-corrected chi connectivity index (χ3v) is 6.08.